The molecular formula is C19H11ClN2O2. The van der Waals surface area contributed by atoms with Crippen molar-refractivity contribution in [3.05, 3.63) is 65.3 Å². The van der Waals surface area contributed by atoms with Crippen LogP contribution in [0.4, 0.5) is 0 Å². The van der Waals surface area contributed by atoms with E-state index in [0.29, 0.717) is 17.2 Å². The number of fused-ring (bicyclic) bond motifs is 4. The number of rotatable bonds is 1. The SMILES string of the molecule is Clc1ccc2onc(-c3cnc4c(c3)COc3ccccc3-4)c2c1. The van der Waals surface area contributed by atoms with Crippen LogP contribution in [0.5, 0.6) is 5.75 Å². The molecule has 4 nitrogen and oxygen atoms in total. The highest BCUT2D eigenvalue weighted by Crippen LogP contribution is 2.38. The second kappa shape index (κ2) is 5.08. The summed E-state index contributed by atoms with van der Waals surface area (Å²) in [5, 5.41) is 5.71. The molecule has 0 spiro atoms. The lowest BCUT2D eigenvalue weighted by atomic mass is 10.00. The van der Waals surface area contributed by atoms with Gasteiger partial charge in [0.1, 0.15) is 18.1 Å². The summed E-state index contributed by atoms with van der Waals surface area (Å²) in [5.74, 6) is 0.865. The number of para-hydroxylation sites is 1. The Kier molecular flexibility index (Phi) is 2.87. The van der Waals surface area contributed by atoms with Gasteiger partial charge in [-0.05, 0) is 36.4 Å². The standard InChI is InChI=1S/C19H11ClN2O2/c20-13-5-6-17-15(8-13)19(22-24-17)11-7-12-10-23-16-4-2-1-3-14(16)18(12)21-9-11/h1-9H,10H2. The van der Waals surface area contributed by atoms with E-state index in [2.05, 4.69) is 16.2 Å². The van der Waals surface area contributed by atoms with Crippen molar-refractivity contribution in [2.24, 2.45) is 0 Å². The third-order valence-corrected chi connectivity index (χ3v) is 4.43. The average Bonchev–Trinajstić information content (AvgIpc) is 3.04. The Morgan fingerprint density at radius 1 is 1.00 bits per heavy atom. The molecule has 3 heterocycles. The molecule has 0 fully saturated rings. The Morgan fingerprint density at radius 2 is 1.92 bits per heavy atom. The highest BCUT2D eigenvalue weighted by molar-refractivity contribution is 6.31. The molecule has 2 aromatic carbocycles. The summed E-state index contributed by atoms with van der Waals surface area (Å²) in [6, 6.07) is 15.4. The van der Waals surface area contributed by atoms with E-state index in [4.69, 9.17) is 20.9 Å². The molecule has 5 rings (SSSR count). The minimum atomic E-state index is 0.490. The highest BCUT2D eigenvalue weighted by Gasteiger charge is 2.20. The van der Waals surface area contributed by atoms with Crippen molar-refractivity contribution in [1.29, 1.82) is 0 Å². The first-order chi connectivity index (χ1) is 11.8. The highest BCUT2D eigenvalue weighted by atomic mass is 35.5. The monoisotopic (exact) mass is 334 g/mol. The fourth-order valence-corrected chi connectivity index (χ4v) is 3.23. The third kappa shape index (κ3) is 2.00. The second-order valence-corrected chi connectivity index (χ2v) is 6.12. The zero-order valence-electron chi connectivity index (χ0n) is 12.5. The molecule has 0 atom stereocenters. The van der Waals surface area contributed by atoms with Gasteiger partial charge in [-0.3, -0.25) is 4.98 Å². The van der Waals surface area contributed by atoms with Crippen molar-refractivity contribution in [3.8, 4) is 28.3 Å². The Morgan fingerprint density at radius 3 is 2.88 bits per heavy atom. The molecule has 24 heavy (non-hydrogen) atoms. The van der Waals surface area contributed by atoms with Crippen LogP contribution >= 0.6 is 11.6 Å². The summed E-state index contributed by atoms with van der Waals surface area (Å²) in [5.41, 5.74) is 5.32. The lowest BCUT2D eigenvalue weighted by molar-refractivity contribution is 0.301. The molecule has 4 aromatic rings. The zero-order valence-corrected chi connectivity index (χ0v) is 13.2. The van der Waals surface area contributed by atoms with Gasteiger partial charge in [-0.2, -0.15) is 0 Å². The summed E-state index contributed by atoms with van der Waals surface area (Å²) < 4.78 is 11.2. The van der Waals surface area contributed by atoms with Crippen LogP contribution in [0, 0.1) is 0 Å². The Bertz CT molecular complexity index is 1090. The molecule has 0 N–H and O–H groups in total. The smallest absolute Gasteiger partial charge is 0.167 e. The predicted octanol–water partition coefficient (Wildman–Crippen LogP) is 5.10. The zero-order chi connectivity index (χ0) is 16.1. The Hall–Kier alpha value is -2.85. The third-order valence-electron chi connectivity index (χ3n) is 4.20. The van der Waals surface area contributed by atoms with E-state index in [0.717, 1.165) is 39.2 Å². The van der Waals surface area contributed by atoms with E-state index in [1.165, 1.54) is 0 Å². The minimum absolute atomic E-state index is 0.490. The van der Waals surface area contributed by atoms with Gasteiger partial charge in [-0.15, -0.1) is 0 Å². The van der Waals surface area contributed by atoms with E-state index in [9.17, 15) is 0 Å². The molecule has 0 bridgehead atoms. The Labute approximate surface area is 142 Å². The topological polar surface area (TPSA) is 48.2 Å². The largest absolute Gasteiger partial charge is 0.488 e. The number of benzene rings is 2. The molecule has 0 saturated carbocycles. The number of ether oxygens (including phenoxy) is 1. The van der Waals surface area contributed by atoms with E-state index in [1.807, 2.05) is 42.6 Å². The van der Waals surface area contributed by atoms with Gasteiger partial charge < -0.3 is 9.26 Å². The second-order valence-electron chi connectivity index (χ2n) is 5.69. The fourth-order valence-electron chi connectivity index (χ4n) is 3.06. The normalized spacial score (nSPS) is 12.5. The summed E-state index contributed by atoms with van der Waals surface area (Å²) in [4.78, 5) is 4.65. The average molecular weight is 335 g/mol. The number of hydrogen-bond donors (Lipinski definition) is 0. The summed E-state index contributed by atoms with van der Waals surface area (Å²) in [6.07, 6.45) is 1.82. The first-order valence-corrected chi connectivity index (χ1v) is 7.94. The van der Waals surface area contributed by atoms with Gasteiger partial charge >= 0.3 is 0 Å². The fraction of sp³-hybridized carbons (Fsp3) is 0.0526. The maximum atomic E-state index is 6.10. The van der Waals surface area contributed by atoms with Crippen LogP contribution in [0.15, 0.2) is 59.3 Å². The van der Waals surface area contributed by atoms with Crippen molar-refractivity contribution in [2.45, 2.75) is 6.61 Å². The number of aromatic nitrogens is 2. The molecular weight excluding hydrogens is 324 g/mol. The number of nitrogens with zero attached hydrogens (tertiary/aromatic N) is 2. The van der Waals surface area contributed by atoms with Crippen LogP contribution in [0.3, 0.4) is 0 Å². The lowest BCUT2D eigenvalue weighted by Gasteiger charge is -2.20. The van der Waals surface area contributed by atoms with Crippen LogP contribution in [-0.2, 0) is 6.61 Å². The van der Waals surface area contributed by atoms with Crippen LogP contribution in [0.25, 0.3) is 33.5 Å². The van der Waals surface area contributed by atoms with E-state index < -0.39 is 0 Å². The molecule has 2 aromatic heterocycles. The number of hydrogen-bond acceptors (Lipinski definition) is 4. The number of pyridine rings is 1. The number of halogens is 1. The first kappa shape index (κ1) is 13.6. The Balaban J connectivity index is 1.68. The maximum Gasteiger partial charge on any atom is 0.167 e. The van der Waals surface area contributed by atoms with Crippen LogP contribution < -0.4 is 4.74 Å². The van der Waals surface area contributed by atoms with Crippen molar-refractivity contribution >= 4 is 22.6 Å². The van der Waals surface area contributed by atoms with E-state index in [-0.39, 0.29) is 0 Å². The minimum Gasteiger partial charge on any atom is -0.488 e. The van der Waals surface area contributed by atoms with Gasteiger partial charge in [0.2, 0.25) is 0 Å². The quantitative estimate of drug-likeness (QED) is 0.485. The van der Waals surface area contributed by atoms with Crippen LogP contribution in [-0.4, -0.2) is 10.1 Å². The summed E-state index contributed by atoms with van der Waals surface area (Å²) >= 11 is 6.10. The molecule has 0 radical (unpaired) electrons. The molecule has 0 saturated heterocycles. The molecule has 5 heteroatoms. The molecule has 0 aliphatic carbocycles. The van der Waals surface area contributed by atoms with E-state index in [1.54, 1.807) is 6.07 Å². The van der Waals surface area contributed by atoms with Crippen molar-refractivity contribution in [3.63, 3.8) is 0 Å². The molecule has 0 amide bonds. The van der Waals surface area contributed by atoms with Gasteiger partial charge in [0.25, 0.3) is 0 Å². The summed E-state index contributed by atoms with van der Waals surface area (Å²) in [6.45, 7) is 0.490. The van der Waals surface area contributed by atoms with Crippen molar-refractivity contribution in [2.75, 3.05) is 0 Å². The molecule has 1 aliphatic rings. The van der Waals surface area contributed by atoms with Crippen molar-refractivity contribution in [1.82, 2.24) is 10.1 Å². The van der Waals surface area contributed by atoms with Gasteiger partial charge in [0, 0.05) is 27.9 Å². The molecule has 116 valence electrons. The maximum absolute atomic E-state index is 6.10. The van der Waals surface area contributed by atoms with Crippen LogP contribution in [0.2, 0.25) is 5.02 Å². The van der Waals surface area contributed by atoms with Gasteiger partial charge in [0.15, 0.2) is 5.58 Å². The van der Waals surface area contributed by atoms with Gasteiger partial charge in [0.05, 0.1) is 11.1 Å². The van der Waals surface area contributed by atoms with Gasteiger partial charge in [-0.1, -0.05) is 28.9 Å². The summed E-state index contributed by atoms with van der Waals surface area (Å²) in [7, 11) is 0. The predicted molar refractivity (Wildman–Crippen MR) is 92.0 cm³/mol. The first-order valence-electron chi connectivity index (χ1n) is 7.56. The lowest BCUT2D eigenvalue weighted by Crippen LogP contribution is -2.07. The van der Waals surface area contributed by atoms with Gasteiger partial charge in [-0.25, -0.2) is 0 Å². The van der Waals surface area contributed by atoms with Crippen LogP contribution in [0.1, 0.15) is 5.56 Å². The van der Waals surface area contributed by atoms with E-state index >= 15 is 0 Å². The molecule has 0 unspecified atom stereocenters. The van der Waals surface area contributed by atoms with Crippen molar-refractivity contribution < 1.29 is 9.26 Å². The molecule has 1 aliphatic heterocycles.